The van der Waals surface area contributed by atoms with Crippen molar-refractivity contribution in [3.8, 4) is 5.75 Å². The van der Waals surface area contributed by atoms with Gasteiger partial charge in [-0.15, -0.1) is 0 Å². The fourth-order valence-electron chi connectivity index (χ4n) is 2.63. The van der Waals surface area contributed by atoms with Gasteiger partial charge in [0, 0.05) is 11.4 Å². The van der Waals surface area contributed by atoms with Crippen LogP contribution in [0.3, 0.4) is 0 Å². The third kappa shape index (κ3) is 7.66. The maximum absolute atomic E-state index is 13.0. The Morgan fingerprint density at radius 2 is 1.75 bits per heavy atom. The molecular formula is C22H19FI2N4O2S. The molecule has 1 amide bonds. The quantitative estimate of drug-likeness (QED) is 0.116. The van der Waals surface area contributed by atoms with Gasteiger partial charge in [-0.25, -0.2) is 19.8 Å². The first-order valence-electron chi connectivity index (χ1n) is 9.43. The van der Waals surface area contributed by atoms with Gasteiger partial charge in [0.25, 0.3) is 5.91 Å². The topological polar surface area (TPSA) is 76.5 Å². The van der Waals surface area contributed by atoms with Crippen molar-refractivity contribution in [3.63, 3.8) is 0 Å². The number of thioether (sulfide) groups is 1. The van der Waals surface area contributed by atoms with E-state index < -0.39 is 0 Å². The summed E-state index contributed by atoms with van der Waals surface area (Å²) in [6.45, 7) is 4.13. The van der Waals surface area contributed by atoms with Gasteiger partial charge in [-0.3, -0.25) is 4.79 Å². The molecule has 1 aromatic heterocycles. The van der Waals surface area contributed by atoms with Crippen LogP contribution in [-0.4, -0.2) is 27.8 Å². The number of ether oxygens (including phenoxy) is 1. The Kier molecular flexibility index (Phi) is 9.22. The average molecular weight is 676 g/mol. The lowest BCUT2D eigenvalue weighted by Crippen LogP contribution is -2.19. The normalized spacial score (nSPS) is 11.0. The molecule has 3 aromatic rings. The van der Waals surface area contributed by atoms with E-state index in [0.29, 0.717) is 11.8 Å². The largest absolute Gasteiger partial charge is 0.487 e. The van der Waals surface area contributed by atoms with Crippen LogP contribution in [0, 0.1) is 26.8 Å². The summed E-state index contributed by atoms with van der Waals surface area (Å²) < 4.78 is 20.8. The van der Waals surface area contributed by atoms with Gasteiger partial charge in [0.1, 0.15) is 18.2 Å². The van der Waals surface area contributed by atoms with Crippen molar-refractivity contribution in [1.29, 1.82) is 0 Å². The lowest BCUT2D eigenvalue weighted by molar-refractivity contribution is -0.118. The number of hydrogen-bond donors (Lipinski definition) is 1. The van der Waals surface area contributed by atoms with E-state index in [9.17, 15) is 9.18 Å². The predicted molar refractivity (Wildman–Crippen MR) is 141 cm³/mol. The molecule has 0 radical (unpaired) electrons. The van der Waals surface area contributed by atoms with Gasteiger partial charge in [0.15, 0.2) is 5.16 Å². The minimum atomic E-state index is -0.272. The minimum absolute atomic E-state index is 0.172. The number of hydrogen-bond acceptors (Lipinski definition) is 6. The Bertz CT molecular complexity index is 1100. The first kappa shape index (κ1) is 24.8. The van der Waals surface area contributed by atoms with Gasteiger partial charge < -0.3 is 4.74 Å². The third-order valence-corrected chi connectivity index (χ3v) is 6.46. The molecule has 0 saturated carbocycles. The van der Waals surface area contributed by atoms with Crippen LogP contribution in [0.25, 0.3) is 0 Å². The van der Waals surface area contributed by atoms with Crippen LogP contribution < -0.4 is 10.2 Å². The van der Waals surface area contributed by atoms with Gasteiger partial charge in [-0.1, -0.05) is 23.9 Å². The molecule has 1 N–H and O–H groups in total. The summed E-state index contributed by atoms with van der Waals surface area (Å²) in [6, 6.07) is 11.9. The molecular weight excluding hydrogens is 657 g/mol. The van der Waals surface area contributed by atoms with E-state index in [-0.39, 0.29) is 17.5 Å². The number of nitrogens with one attached hydrogen (secondary N) is 1. The summed E-state index contributed by atoms with van der Waals surface area (Å²) in [7, 11) is 0. The Morgan fingerprint density at radius 3 is 2.38 bits per heavy atom. The number of carbonyl (C=O) groups is 1. The summed E-state index contributed by atoms with van der Waals surface area (Å²) in [5.74, 6) is 0.413. The number of carbonyl (C=O) groups excluding carboxylic acids is 1. The molecule has 0 saturated heterocycles. The van der Waals surface area contributed by atoms with E-state index in [4.69, 9.17) is 4.74 Å². The zero-order valence-corrected chi connectivity index (χ0v) is 22.4. The molecule has 0 spiro atoms. The Balaban J connectivity index is 1.53. The van der Waals surface area contributed by atoms with E-state index in [1.54, 1.807) is 18.3 Å². The molecule has 1 heterocycles. The van der Waals surface area contributed by atoms with Crippen molar-refractivity contribution in [2.45, 2.75) is 25.6 Å². The third-order valence-electron chi connectivity index (χ3n) is 4.01. The smallest absolute Gasteiger partial charge is 0.250 e. The monoisotopic (exact) mass is 676 g/mol. The molecule has 6 nitrogen and oxygen atoms in total. The highest BCUT2D eigenvalue weighted by Gasteiger charge is 2.10. The van der Waals surface area contributed by atoms with Crippen molar-refractivity contribution in [2.24, 2.45) is 5.10 Å². The fourth-order valence-corrected chi connectivity index (χ4v) is 5.50. The van der Waals surface area contributed by atoms with E-state index >= 15 is 0 Å². The van der Waals surface area contributed by atoms with Crippen molar-refractivity contribution in [3.05, 3.63) is 77.9 Å². The number of halogens is 3. The van der Waals surface area contributed by atoms with Crippen LogP contribution in [0.1, 0.15) is 22.5 Å². The Hall–Kier alpha value is -1.80. The highest BCUT2D eigenvalue weighted by Crippen LogP contribution is 2.29. The number of amides is 1. The lowest BCUT2D eigenvalue weighted by atomic mass is 10.2. The van der Waals surface area contributed by atoms with Crippen LogP contribution >= 0.6 is 56.9 Å². The zero-order valence-electron chi connectivity index (χ0n) is 17.2. The van der Waals surface area contributed by atoms with Gasteiger partial charge in [0.05, 0.1) is 19.1 Å². The molecule has 166 valence electrons. The molecule has 0 atom stereocenters. The SMILES string of the molecule is Cc1cc(C)nc(SCC(=O)N/N=C\c2cc(I)c(OCc3ccc(F)cc3)c(I)c2)n1. The van der Waals surface area contributed by atoms with Crippen LogP contribution in [0.2, 0.25) is 0 Å². The summed E-state index contributed by atoms with van der Waals surface area (Å²) in [5, 5.41) is 4.61. The second-order valence-corrected chi connectivity index (χ2v) is 10.0. The van der Waals surface area contributed by atoms with Crippen LogP contribution in [0.4, 0.5) is 4.39 Å². The molecule has 10 heteroatoms. The van der Waals surface area contributed by atoms with Crippen molar-refractivity contribution < 1.29 is 13.9 Å². The van der Waals surface area contributed by atoms with Crippen LogP contribution in [0.15, 0.2) is 52.7 Å². The van der Waals surface area contributed by atoms with Gasteiger partial charge in [0.2, 0.25) is 0 Å². The number of rotatable bonds is 8. The van der Waals surface area contributed by atoms with Crippen LogP contribution in [0.5, 0.6) is 5.75 Å². The molecule has 0 aliphatic heterocycles. The average Bonchev–Trinajstić information content (AvgIpc) is 2.72. The molecule has 2 aromatic carbocycles. The van der Waals surface area contributed by atoms with Crippen LogP contribution in [-0.2, 0) is 11.4 Å². The fraction of sp³-hybridized carbons (Fsp3) is 0.182. The molecule has 3 rings (SSSR count). The minimum Gasteiger partial charge on any atom is -0.487 e. The van der Waals surface area contributed by atoms with Crippen molar-refractivity contribution in [2.75, 3.05) is 5.75 Å². The predicted octanol–water partition coefficient (Wildman–Crippen LogP) is 5.26. The maximum Gasteiger partial charge on any atom is 0.250 e. The molecule has 0 aliphatic rings. The van der Waals surface area contributed by atoms with Gasteiger partial charge >= 0.3 is 0 Å². The number of nitrogens with zero attached hydrogens (tertiary/aromatic N) is 3. The summed E-state index contributed by atoms with van der Waals surface area (Å²) in [6.07, 6.45) is 1.59. The number of aromatic nitrogens is 2. The first-order chi connectivity index (χ1) is 15.3. The summed E-state index contributed by atoms with van der Waals surface area (Å²) in [5.41, 5.74) is 5.98. The summed E-state index contributed by atoms with van der Waals surface area (Å²) >= 11 is 5.65. The maximum atomic E-state index is 13.0. The number of benzene rings is 2. The highest BCUT2D eigenvalue weighted by atomic mass is 127. The standard InChI is InChI=1S/C22H19FI2N4O2S/c1-13-7-14(2)28-22(27-13)32-12-20(30)29-26-10-16-8-18(24)21(19(25)9-16)31-11-15-3-5-17(23)6-4-15/h3-10H,11-12H2,1-2H3,(H,29,30)/b26-10-. The Labute approximate surface area is 217 Å². The number of hydrazone groups is 1. The van der Waals surface area contributed by atoms with E-state index in [0.717, 1.165) is 35.4 Å². The molecule has 0 bridgehead atoms. The second kappa shape index (κ2) is 11.9. The zero-order chi connectivity index (χ0) is 23.1. The molecule has 0 fully saturated rings. The number of aryl methyl sites for hydroxylation is 2. The Morgan fingerprint density at radius 1 is 1.12 bits per heavy atom. The molecule has 0 unspecified atom stereocenters. The van der Waals surface area contributed by atoms with Gasteiger partial charge in [-0.05, 0) is 100 Å². The highest BCUT2D eigenvalue weighted by molar-refractivity contribution is 14.1. The van der Waals surface area contributed by atoms with E-state index in [1.165, 1.54) is 23.9 Å². The summed E-state index contributed by atoms with van der Waals surface area (Å²) in [4.78, 5) is 20.7. The van der Waals surface area contributed by atoms with E-state index in [2.05, 4.69) is 65.7 Å². The second-order valence-electron chi connectivity index (χ2n) is 6.74. The van der Waals surface area contributed by atoms with Crippen molar-refractivity contribution in [1.82, 2.24) is 15.4 Å². The molecule has 32 heavy (non-hydrogen) atoms. The first-order valence-corrected chi connectivity index (χ1v) is 12.6. The van der Waals surface area contributed by atoms with Gasteiger partial charge in [-0.2, -0.15) is 5.10 Å². The van der Waals surface area contributed by atoms with E-state index in [1.807, 2.05) is 32.0 Å². The molecule has 0 aliphatic carbocycles. The lowest BCUT2D eigenvalue weighted by Gasteiger charge is -2.11. The van der Waals surface area contributed by atoms with Crippen molar-refractivity contribution >= 4 is 69.1 Å².